The Hall–Kier alpha value is -1.77. The van der Waals surface area contributed by atoms with Crippen LogP contribution >= 0.6 is 0 Å². The molecule has 1 aliphatic rings. The number of aliphatic carboxylic acids is 1. The Morgan fingerprint density at radius 3 is 2.72 bits per heavy atom. The summed E-state index contributed by atoms with van der Waals surface area (Å²) >= 11 is 0. The molecule has 0 saturated heterocycles. The van der Waals surface area contributed by atoms with Gasteiger partial charge in [-0.1, -0.05) is 24.3 Å². The molecule has 3 nitrogen and oxygen atoms in total. The summed E-state index contributed by atoms with van der Waals surface area (Å²) in [4.78, 5) is 10.9. The molecule has 0 unspecified atom stereocenters. The first-order chi connectivity index (χ1) is 8.65. The molecular formula is C15H18O3. The number of hydrogen-bond donors (Lipinski definition) is 1. The van der Waals surface area contributed by atoms with Crippen LogP contribution in [-0.4, -0.2) is 16.7 Å². The monoisotopic (exact) mass is 246 g/mol. The van der Waals surface area contributed by atoms with Gasteiger partial charge in [-0.2, -0.15) is 0 Å². The summed E-state index contributed by atoms with van der Waals surface area (Å²) in [5, 5.41) is 8.97. The van der Waals surface area contributed by atoms with Gasteiger partial charge in [-0.3, -0.25) is 4.79 Å². The molecule has 1 saturated carbocycles. The molecule has 0 heterocycles. The average molecular weight is 246 g/mol. The van der Waals surface area contributed by atoms with Crippen molar-refractivity contribution in [1.29, 1.82) is 0 Å². The van der Waals surface area contributed by atoms with E-state index in [-0.39, 0.29) is 6.42 Å². The molecule has 0 amide bonds. The molecule has 0 bridgehead atoms. The summed E-state index contributed by atoms with van der Waals surface area (Å²) in [6.45, 7) is 3.73. The molecule has 1 aliphatic carbocycles. The van der Waals surface area contributed by atoms with Crippen LogP contribution in [0.15, 0.2) is 36.9 Å². The van der Waals surface area contributed by atoms with Crippen LogP contribution in [0.25, 0.3) is 0 Å². The highest BCUT2D eigenvalue weighted by atomic mass is 16.5. The molecule has 1 fully saturated rings. The Bertz CT molecular complexity index is 447. The van der Waals surface area contributed by atoms with Gasteiger partial charge in [0.25, 0.3) is 0 Å². The average Bonchev–Trinajstić information content (AvgIpc) is 2.28. The maximum absolute atomic E-state index is 10.9. The van der Waals surface area contributed by atoms with E-state index >= 15 is 0 Å². The van der Waals surface area contributed by atoms with Crippen molar-refractivity contribution in [3.63, 3.8) is 0 Å². The molecular weight excluding hydrogens is 228 g/mol. The molecule has 3 heteroatoms. The summed E-state index contributed by atoms with van der Waals surface area (Å²) in [5.41, 5.74) is 0.562. The number of carboxylic acids is 1. The predicted molar refractivity (Wildman–Crippen MR) is 69.8 cm³/mol. The van der Waals surface area contributed by atoms with Crippen LogP contribution in [0.2, 0.25) is 0 Å². The van der Waals surface area contributed by atoms with Gasteiger partial charge in [0.2, 0.25) is 0 Å². The van der Waals surface area contributed by atoms with Crippen molar-refractivity contribution >= 4 is 5.97 Å². The first-order valence-corrected chi connectivity index (χ1v) is 6.25. The number of hydrogen-bond acceptors (Lipinski definition) is 2. The normalized spacial score (nSPS) is 16.7. The molecule has 0 spiro atoms. The lowest BCUT2D eigenvalue weighted by atomic mass is 9.77. The lowest BCUT2D eigenvalue weighted by molar-refractivity contribution is -0.144. The van der Waals surface area contributed by atoms with Gasteiger partial charge in [0.1, 0.15) is 11.4 Å². The van der Waals surface area contributed by atoms with Crippen LogP contribution in [0.1, 0.15) is 31.2 Å². The first kappa shape index (κ1) is 12.7. The van der Waals surface area contributed by atoms with Gasteiger partial charge in [-0.15, -0.1) is 6.58 Å². The quantitative estimate of drug-likeness (QED) is 0.784. The van der Waals surface area contributed by atoms with Crippen molar-refractivity contribution < 1.29 is 14.6 Å². The zero-order valence-electron chi connectivity index (χ0n) is 10.4. The number of rotatable bonds is 6. The van der Waals surface area contributed by atoms with Crippen molar-refractivity contribution in [2.45, 2.75) is 37.7 Å². The Morgan fingerprint density at radius 2 is 2.17 bits per heavy atom. The Morgan fingerprint density at radius 1 is 1.44 bits per heavy atom. The van der Waals surface area contributed by atoms with Gasteiger partial charge >= 0.3 is 5.97 Å². The zero-order chi connectivity index (χ0) is 13.0. The maximum Gasteiger partial charge on any atom is 0.307 e. The molecule has 1 N–H and O–H groups in total. The second-order valence-corrected chi connectivity index (χ2v) is 4.81. The van der Waals surface area contributed by atoms with E-state index in [1.165, 1.54) is 0 Å². The van der Waals surface area contributed by atoms with E-state index < -0.39 is 11.6 Å². The van der Waals surface area contributed by atoms with Crippen LogP contribution in [0.3, 0.4) is 0 Å². The van der Waals surface area contributed by atoms with Crippen LogP contribution in [0.4, 0.5) is 0 Å². The van der Waals surface area contributed by atoms with Gasteiger partial charge in [-0.25, -0.2) is 0 Å². The van der Waals surface area contributed by atoms with Gasteiger partial charge in [0.05, 0.1) is 6.42 Å². The summed E-state index contributed by atoms with van der Waals surface area (Å²) in [6, 6.07) is 7.76. The van der Waals surface area contributed by atoms with E-state index in [4.69, 9.17) is 9.84 Å². The molecule has 1 aromatic rings. The topological polar surface area (TPSA) is 46.5 Å². The number of benzene rings is 1. The van der Waals surface area contributed by atoms with Crippen LogP contribution in [0, 0.1) is 0 Å². The van der Waals surface area contributed by atoms with Crippen molar-refractivity contribution in [1.82, 2.24) is 0 Å². The van der Waals surface area contributed by atoms with Crippen molar-refractivity contribution in [2.24, 2.45) is 0 Å². The third-order valence-corrected chi connectivity index (χ3v) is 3.40. The van der Waals surface area contributed by atoms with E-state index in [1.54, 1.807) is 0 Å². The third kappa shape index (κ3) is 2.73. The van der Waals surface area contributed by atoms with E-state index in [9.17, 15) is 4.79 Å². The van der Waals surface area contributed by atoms with Crippen molar-refractivity contribution in [3.05, 3.63) is 42.5 Å². The van der Waals surface area contributed by atoms with Gasteiger partial charge in [0.15, 0.2) is 0 Å². The summed E-state index contributed by atoms with van der Waals surface area (Å²) in [7, 11) is 0. The number of carboxylic acid groups (broad SMARTS) is 1. The second-order valence-electron chi connectivity index (χ2n) is 4.81. The van der Waals surface area contributed by atoms with E-state index in [2.05, 4.69) is 6.58 Å². The molecule has 18 heavy (non-hydrogen) atoms. The van der Waals surface area contributed by atoms with Crippen molar-refractivity contribution in [3.8, 4) is 5.75 Å². The first-order valence-electron chi connectivity index (χ1n) is 6.25. The van der Waals surface area contributed by atoms with Crippen LogP contribution in [0.5, 0.6) is 5.75 Å². The SMILES string of the molecule is C=CCc1ccccc1OC1(CC(=O)O)CCC1. The lowest BCUT2D eigenvalue weighted by Crippen LogP contribution is -2.45. The lowest BCUT2D eigenvalue weighted by Gasteiger charge is -2.41. The minimum absolute atomic E-state index is 0.0788. The summed E-state index contributed by atoms with van der Waals surface area (Å²) < 4.78 is 6.00. The number of carbonyl (C=O) groups is 1. The molecule has 1 aromatic carbocycles. The Labute approximate surface area is 107 Å². The second kappa shape index (κ2) is 5.25. The predicted octanol–water partition coefficient (Wildman–Crippen LogP) is 3.19. The largest absolute Gasteiger partial charge is 0.486 e. The highest BCUT2D eigenvalue weighted by Gasteiger charge is 2.41. The van der Waals surface area contributed by atoms with E-state index in [0.29, 0.717) is 0 Å². The highest BCUT2D eigenvalue weighted by Crippen LogP contribution is 2.40. The zero-order valence-corrected chi connectivity index (χ0v) is 10.4. The smallest absolute Gasteiger partial charge is 0.307 e. The molecule has 0 atom stereocenters. The fraction of sp³-hybridized carbons (Fsp3) is 0.400. The fourth-order valence-corrected chi connectivity index (χ4v) is 2.32. The van der Waals surface area contributed by atoms with Crippen LogP contribution < -0.4 is 4.74 Å². The molecule has 0 aromatic heterocycles. The number of ether oxygens (including phenoxy) is 1. The van der Waals surface area contributed by atoms with Gasteiger partial charge in [-0.05, 0) is 37.3 Å². The molecule has 96 valence electrons. The third-order valence-electron chi connectivity index (χ3n) is 3.40. The number of para-hydroxylation sites is 1. The highest BCUT2D eigenvalue weighted by molar-refractivity contribution is 5.68. The minimum atomic E-state index is -0.795. The standard InChI is InChI=1S/C15H18O3/c1-2-6-12-7-3-4-8-13(12)18-15(9-5-10-15)11-14(16)17/h2-4,7-8H,1,5-6,9-11H2,(H,16,17). The Kier molecular flexibility index (Phi) is 3.70. The van der Waals surface area contributed by atoms with E-state index in [1.807, 2.05) is 30.3 Å². The van der Waals surface area contributed by atoms with Crippen LogP contribution in [-0.2, 0) is 11.2 Å². The number of allylic oxidation sites excluding steroid dienone is 1. The summed E-state index contributed by atoms with van der Waals surface area (Å²) in [5.74, 6) is -0.00532. The Balaban J connectivity index is 2.16. The molecule has 0 aliphatic heterocycles. The van der Waals surface area contributed by atoms with Gasteiger partial charge < -0.3 is 9.84 Å². The summed E-state index contributed by atoms with van der Waals surface area (Å²) in [6.07, 6.45) is 5.32. The van der Waals surface area contributed by atoms with Gasteiger partial charge in [0, 0.05) is 0 Å². The van der Waals surface area contributed by atoms with E-state index in [0.717, 1.165) is 37.0 Å². The van der Waals surface area contributed by atoms with Crippen molar-refractivity contribution in [2.75, 3.05) is 0 Å². The minimum Gasteiger partial charge on any atom is -0.486 e. The molecule has 2 rings (SSSR count). The molecule has 0 radical (unpaired) electrons. The maximum atomic E-state index is 10.9. The fourth-order valence-electron chi connectivity index (χ4n) is 2.32.